The molecule has 0 bridgehead atoms. The van der Waals surface area contributed by atoms with Gasteiger partial charge < -0.3 is 32.3 Å². The molecule has 8 N–H and O–H groups in total. The van der Waals surface area contributed by atoms with Crippen molar-refractivity contribution in [1.82, 2.24) is 26.7 Å². The van der Waals surface area contributed by atoms with Crippen molar-refractivity contribution in [2.24, 2.45) is 23.5 Å². The number of nitrogens with two attached hydrogens (primary N) is 1. The molecule has 292 valence electrons. The number of urea groups is 1. The number of hydroxylamine groups is 1. The van der Waals surface area contributed by atoms with Crippen molar-refractivity contribution in [2.75, 3.05) is 18.4 Å². The van der Waals surface area contributed by atoms with E-state index in [0.29, 0.717) is 50.8 Å². The Bertz CT molecular complexity index is 1300. The number of rotatable bonds is 26. The molecule has 0 saturated heterocycles. The van der Waals surface area contributed by atoms with E-state index in [9.17, 15) is 33.6 Å². The lowest BCUT2D eigenvalue weighted by Crippen LogP contribution is -2.54. The number of primary amides is 1. The molecular weight excluding hydrogens is 670 g/mol. The number of hydrogen-bond acceptors (Lipinski definition) is 8. The summed E-state index contributed by atoms with van der Waals surface area (Å²) in [5.41, 5.74) is 8.77. The second-order valence-electron chi connectivity index (χ2n) is 14.0. The van der Waals surface area contributed by atoms with E-state index in [4.69, 9.17) is 10.6 Å². The topological polar surface area (TPSA) is 227 Å². The molecule has 52 heavy (non-hydrogen) atoms. The Hall–Kier alpha value is -4.53. The maximum Gasteiger partial charge on any atom is 0.312 e. The van der Waals surface area contributed by atoms with Crippen LogP contribution in [0.15, 0.2) is 24.3 Å². The van der Waals surface area contributed by atoms with Gasteiger partial charge in [-0.25, -0.2) is 10.3 Å². The molecule has 1 rings (SSSR count). The fraction of sp³-hybridized carbons (Fsp3) is 0.649. The Morgan fingerprint density at radius 1 is 0.692 bits per heavy atom. The van der Waals surface area contributed by atoms with Crippen LogP contribution in [-0.2, 0) is 40.2 Å². The van der Waals surface area contributed by atoms with Gasteiger partial charge in [0.2, 0.25) is 29.5 Å². The maximum absolute atomic E-state index is 13.4. The average molecular weight is 732 g/mol. The number of anilines is 1. The molecular formula is C37H61N7O8. The molecule has 0 aliphatic carbocycles. The zero-order valence-corrected chi connectivity index (χ0v) is 31.7. The van der Waals surface area contributed by atoms with Crippen molar-refractivity contribution in [3.8, 4) is 0 Å². The van der Waals surface area contributed by atoms with E-state index < -0.39 is 29.9 Å². The Balaban J connectivity index is 2.67. The molecule has 0 aliphatic heterocycles. The molecule has 0 heterocycles. The van der Waals surface area contributed by atoms with Gasteiger partial charge in [0.1, 0.15) is 17.9 Å². The highest BCUT2D eigenvalue weighted by Crippen LogP contribution is 2.13. The predicted molar refractivity (Wildman–Crippen MR) is 198 cm³/mol. The summed E-state index contributed by atoms with van der Waals surface area (Å²) in [5, 5.41) is 13.6. The zero-order chi connectivity index (χ0) is 39.1. The summed E-state index contributed by atoms with van der Waals surface area (Å²) in [5.74, 6) is -1.63. The summed E-state index contributed by atoms with van der Waals surface area (Å²) < 4.78 is 0. The van der Waals surface area contributed by atoms with Gasteiger partial charge in [0.15, 0.2) is 0 Å². The minimum absolute atomic E-state index is 0.0137. The Labute approximate surface area is 308 Å². The first kappa shape index (κ1) is 45.5. The number of amides is 7. The minimum Gasteiger partial charge on any atom is -0.356 e. The second kappa shape index (κ2) is 25.4. The van der Waals surface area contributed by atoms with Crippen molar-refractivity contribution in [1.29, 1.82) is 0 Å². The van der Waals surface area contributed by atoms with Crippen molar-refractivity contribution in [3.05, 3.63) is 29.8 Å². The third kappa shape index (κ3) is 21.0. The fourth-order valence-electron chi connectivity index (χ4n) is 5.00. The summed E-state index contributed by atoms with van der Waals surface area (Å²) in [6.45, 7) is 12.0. The van der Waals surface area contributed by atoms with Crippen molar-refractivity contribution < 1.29 is 38.4 Å². The molecule has 0 fully saturated rings. The highest BCUT2D eigenvalue weighted by atomic mass is 16.6. The summed E-state index contributed by atoms with van der Waals surface area (Å²) in [4.78, 5) is 91.5. The smallest absolute Gasteiger partial charge is 0.312 e. The van der Waals surface area contributed by atoms with Gasteiger partial charge in [0, 0.05) is 50.4 Å². The molecule has 0 unspecified atom stereocenters. The zero-order valence-electron chi connectivity index (χ0n) is 31.7. The number of unbranched alkanes of at least 4 members (excludes halogenated alkanes) is 2. The van der Waals surface area contributed by atoms with Crippen LogP contribution in [0.3, 0.4) is 0 Å². The van der Waals surface area contributed by atoms with E-state index in [1.54, 1.807) is 38.1 Å². The Kier molecular flexibility index (Phi) is 22.2. The van der Waals surface area contributed by atoms with Crippen molar-refractivity contribution >= 4 is 47.0 Å². The van der Waals surface area contributed by atoms with Gasteiger partial charge >= 0.3 is 6.03 Å². The number of hydrogen-bond donors (Lipinski definition) is 7. The van der Waals surface area contributed by atoms with E-state index in [0.717, 1.165) is 18.4 Å². The summed E-state index contributed by atoms with van der Waals surface area (Å²) in [7, 11) is 0. The van der Waals surface area contributed by atoms with Gasteiger partial charge in [-0.1, -0.05) is 60.1 Å². The molecule has 0 saturated carbocycles. The molecule has 15 nitrogen and oxygen atoms in total. The number of ketones is 1. The molecule has 1 aromatic rings. The third-order valence-corrected chi connectivity index (χ3v) is 7.91. The van der Waals surface area contributed by atoms with Gasteiger partial charge in [0.25, 0.3) is 0 Å². The van der Waals surface area contributed by atoms with Crippen LogP contribution in [0.2, 0.25) is 0 Å². The van der Waals surface area contributed by atoms with E-state index in [1.165, 1.54) is 0 Å². The largest absolute Gasteiger partial charge is 0.356 e. The molecule has 7 amide bonds. The molecule has 2 atom stereocenters. The van der Waals surface area contributed by atoms with Crippen LogP contribution >= 0.6 is 0 Å². The first-order valence-corrected chi connectivity index (χ1v) is 18.3. The molecule has 15 heteroatoms. The van der Waals surface area contributed by atoms with Crippen molar-refractivity contribution in [2.45, 2.75) is 124 Å². The number of Topliss-reactive ketones (excluding diaryl/α,β-unsaturated/α-hetero) is 1. The standard InChI is InChI=1S/C37H61N7O8/c1-24(2)22-29(45)12-10-15-31(46)43-33(25(3)4)36(50)42-30(13-11-21-40-37(38)51)35(49)41-28-18-16-27(17-19-28)23-52-44-32(47)14-8-7-9-20-39-34(48)26(5)6/h16-19,24-26,30,33H,7-15,20-23H2,1-6H3,(H,39,48)(H,41,49)(H,42,50)(H,43,46)(H,44,47)(H3,38,40,51)/t30-,33-/m0/s1. The Morgan fingerprint density at radius 2 is 1.35 bits per heavy atom. The van der Waals surface area contributed by atoms with Crippen LogP contribution in [0.1, 0.15) is 111 Å². The monoisotopic (exact) mass is 731 g/mol. The highest BCUT2D eigenvalue weighted by molar-refractivity contribution is 5.98. The third-order valence-electron chi connectivity index (χ3n) is 7.91. The lowest BCUT2D eigenvalue weighted by atomic mass is 10.0. The van der Waals surface area contributed by atoms with Gasteiger partial charge in [0.05, 0.1) is 6.61 Å². The highest BCUT2D eigenvalue weighted by Gasteiger charge is 2.29. The van der Waals surface area contributed by atoms with E-state index in [-0.39, 0.29) is 67.3 Å². The summed E-state index contributed by atoms with van der Waals surface area (Å²) in [6.07, 6.45) is 4.28. The summed E-state index contributed by atoms with van der Waals surface area (Å²) >= 11 is 0. The van der Waals surface area contributed by atoms with E-state index >= 15 is 0 Å². The van der Waals surface area contributed by atoms with Gasteiger partial charge in [-0.3, -0.25) is 33.6 Å². The minimum atomic E-state index is -0.994. The fourth-order valence-corrected chi connectivity index (χ4v) is 5.00. The lowest BCUT2D eigenvalue weighted by Gasteiger charge is -2.25. The second-order valence-corrected chi connectivity index (χ2v) is 14.0. The molecule has 0 aliphatic rings. The van der Waals surface area contributed by atoms with Crippen molar-refractivity contribution in [3.63, 3.8) is 0 Å². The maximum atomic E-state index is 13.4. The van der Waals surface area contributed by atoms with E-state index in [1.807, 2.05) is 27.7 Å². The lowest BCUT2D eigenvalue weighted by molar-refractivity contribution is -0.134. The van der Waals surface area contributed by atoms with Crippen LogP contribution in [-0.4, -0.2) is 66.5 Å². The quantitative estimate of drug-likeness (QED) is 0.0551. The van der Waals surface area contributed by atoms with Gasteiger partial charge in [-0.15, -0.1) is 0 Å². The van der Waals surface area contributed by atoms with E-state index in [2.05, 4.69) is 32.1 Å². The number of carbonyl (C=O) groups excluding carboxylic acids is 7. The first-order valence-electron chi connectivity index (χ1n) is 18.3. The van der Waals surface area contributed by atoms with Gasteiger partial charge in [-0.05, 0) is 61.6 Å². The van der Waals surface area contributed by atoms with Crippen LogP contribution in [0, 0.1) is 17.8 Å². The average Bonchev–Trinajstić information content (AvgIpc) is 3.06. The Morgan fingerprint density at radius 3 is 1.96 bits per heavy atom. The number of carbonyl (C=O) groups is 7. The van der Waals surface area contributed by atoms with Crippen LogP contribution < -0.4 is 37.8 Å². The first-order chi connectivity index (χ1) is 24.6. The van der Waals surface area contributed by atoms with Crippen LogP contribution in [0.4, 0.5) is 10.5 Å². The molecule has 0 radical (unpaired) electrons. The molecule has 0 aromatic heterocycles. The van der Waals surface area contributed by atoms with Gasteiger partial charge in [-0.2, -0.15) is 0 Å². The van der Waals surface area contributed by atoms with Crippen LogP contribution in [0.25, 0.3) is 0 Å². The predicted octanol–water partition coefficient (Wildman–Crippen LogP) is 3.37. The summed E-state index contributed by atoms with van der Waals surface area (Å²) in [6, 6.07) is 4.14. The number of nitrogens with one attached hydrogen (secondary N) is 6. The molecule has 1 aromatic carbocycles. The van der Waals surface area contributed by atoms with Crippen LogP contribution in [0.5, 0.6) is 0 Å². The normalized spacial score (nSPS) is 12.2. The molecule has 0 spiro atoms. The SMILES string of the molecule is CC(C)CC(=O)CCCC(=O)N[C@H](C(=O)N[C@@H](CCCNC(N)=O)C(=O)Nc1ccc(CONC(=O)CCCCCNC(=O)C(C)C)cc1)C(C)C. The number of benzene rings is 1.